The number of aryl methyl sites for hydroxylation is 1. The van der Waals surface area contributed by atoms with E-state index in [4.69, 9.17) is 29.9 Å². The lowest BCUT2D eigenvalue weighted by Crippen LogP contribution is -2.09. The van der Waals surface area contributed by atoms with Gasteiger partial charge in [0.2, 0.25) is 5.95 Å². The first-order chi connectivity index (χ1) is 30.7. The Hall–Kier alpha value is -7.81. The molecule has 1 aliphatic rings. The molecule has 0 atom stereocenters. The standard InChI is InChI=1S/C54H37N7S/c1-4-17-36(18-5-1)37-31-33-40(34-32-37)50-55-49(38-19-6-2-7-20-38)56-52(57-50)41-23-16-24-42(35-41)62-48-30-15-12-27-45(48)53-58-51(39-21-8-3-9-22-39)59-54(60-53)61-46-28-13-10-25-43(46)44-26-11-14-29-47(44)61/h1-10,12-25,27-35H,11,26H2. The Morgan fingerprint density at radius 3 is 1.66 bits per heavy atom. The van der Waals surface area contributed by atoms with Gasteiger partial charge in [-0.2, -0.15) is 9.97 Å². The number of para-hydroxylation sites is 1. The molecule has 0 spiro atoms. The summed E-state index contributed by atoms with van der Waals surface area (Å²) < 4.78 is 2.20. The summed E-state index contributed by atoms with van der Waals surface area (Å²) in [6.45, 7) is 0. The molecule has 0 N–H and O–H groups in total. The summed E-state index contributed by atoms with van der Waals surface area (Å²) >= 11 is 1.66. The Balaban J connectivity index is 0.986. The highest BCUT2D eigenvalue weighted by molar-refractivity contribution is 7.99. The fourth-order valence-corrected chi connectivity index (χ4v) is 9.07. The maximum Gasteiger partial charge on any atom is 0.238 e. The van der Waals surface area contributed by atoms with Gasteiger partial charge in [-0.3, -0.25) is 4.57 Å². The average Bonchev–Trinajstić information content (AvgIpc) is 3.69. The third kappa shape index (κ3) is 7.27. The highest BCUT2D eigenvalue weighted by Gasteiger charge is 2.22. The molecule has 11 rings (SSSR count). The Kier molecular flexibility index (Phi) is 9.80. The van der Waals surface area contributed by atoms with Crippen LogP contribution in [-0.2, 0) is 6.42 Å². The summed E-state index contributed by atoms with van der Waals surface area (Å²) in [6, 6.07) is 64.3. The number of hydrogen-bond acceptors (Lipinski definition) is 7. The topological polar surface area (TPSA) is 82.3 Å². The smallest absolute Gasteiger partial charge is 0.238 e. The van der Waals surface area contributed by atoms with E-state index in [9.17, 15) is 0 Å². The minimum absolute atomic E-state index is 0.592. The number of allylic oxidation sites excluding steroid dienone is 1. The van der Waals surface area contributed by atoms with Gasteiger partial charge in [0.25, 0.3) is 0 Å². The monoisotopic (exact) mass is 815 g/mol. The van der Waals surface area contributed by atoms with E-state index in [0.717, 1.165) is 72.8 Å². The van der Waals surface area contributed by atoms with Crippen LogP contribution in [0.25, 0.3) is 91.0 Å². The van der Waals surface area contributed by atoms with Crippen molar-refractivity contribution in [2.24, 2.45) is 0 Å². The van der Waals surface area contributed by atoms with E-state index >= 15 is 0 Å². The molecule has 8 heteroatoms. The van der Waals surface area contributed by atoms with E-state index in [1.807, 2.05) is 72.8 Å². The van der Waals surface area contributed by atoms with Gasteiger partial charge in [0.05, 0.1) is 11.2 Å². The van der Waals surface area contributed by atoms with Crippen LogP contribution < -0.4 is 0 Å². The van der Waals surface area contributed by atoms with Gasteiger partial charge in [0, 0.05) is 43.0 Å². The predicted molar refractivity (Wildman–Crippen MR) is 251 cm³/mol. The number of benzene rings is 7. The van der Waals surface area contributed by atoms with E-state index < -0.39 is 0 Å². The van der Waals surface area contributed by atoms with Gasteiger partial charge in [-0.05, 0) is 59.9 Å². The second-order valence-corrected chi connectivity index (χ2v) is 16.2. The lowest BCUT2D eigenvalue weighted by Gasteiger charge is -2.14. The first-order valence-electron chi connectivity index (χ1n) is 20.7. The summed E-state index contributed by atoms with van der Waals surface area (Å²) in [4.78, 5) is 32.7. The molecule has 0 radical (unpaired) electrons. The molecule has 3 heterocycles. The van der Waals surface area contributed by atoms with Gasteiger partial charge in [-0.25, -0.2) is 19.9 Å². The summed E-state index contributed by atoms with van der Waals surface area (Å²) in [5.41, 5.74) is 10.4. The molecule has 0 saturated heterocycles. The van der Waals surface area contributed by atoms with Crippen LogP contribution in [0.4, 0.5) is 0 Å². The lowest BCUT2D eigenvalue weighted by molar-refractivity contribution is 0.901. The maximum atomic E-state index is 5.26. The van der Waals surface area contributed by atoms with Crippen LogP contribution in [-0.4, -0.2) is 34.5 Å². The zero-order valence-electron chi connectivity index (χ0n) is 33.5. The summed E-state index contributed by atoms with van der Waals surface area (Å²) in [5.74, 6) is 3.65. The number of aromatic nitrogens is 7. The SMILES string of the molecule is C1=Cc2c(c3ccccc3n2-c2nc(-c3ccccc3)nc(-c3ccccc3Sc3cccc(-c4nc(-c5ccccc5)nc(-c5ccc(-c6ccccc6)cc5)n4)c3)n2)CC1. The van der Waals surface area contributed by atoms with Crippen LogP contribution >= 0.6 is 11.8 Å². The Bertz CT molecular complexity index is 3260. The molecule has 10 aromatic rings. The van der Waals surface area contributed by atoms with Crippen LogP contribution in [0.3, 0.4) is 0 Å². The zero-order chi connectivity index (χ0) is 41.2. The van der Waals surface area contributed by atoms with E-state index in [1.165, 1.54) is 10.9 Å². The minimum Gasteiger partial charge on any atom is -0.278 e. The van der Waals surface area contributed by atoms with Gasteiger partial charge in [-0.1, -0.05) is 182 Å². The Morgan fingerprint density at radius 2 is 0.935 bits per heavy atom. The second-order valence-electron chi connectivity index (χ2n) is 15.0. The molecular formula is C54H37N7S. The van der Waals surface area contributed by atoms with Crippen LogP contribution in [0, 0.1) is 0 Å². The molecule has 0 saturated carbocycles. The molecule has 0 bridgehead atoms. The molecule has 0 aliphatic heterocycles. The molecule has 294 valence electrons. The van der Waals surface area contributed by atoms with Crippen molar-refractivity contribution >= 4 is 28.7 Å². The van der Waals surface area contributed by atoms with E-state index in [2.05, 4.69) is 132 Å². The van der Waals surface area contributed by atoms with Crippen molar-refractivity contribution in [3.05, 3.63) is 205 Å². The summed E-state index contributed by atoms with van der Waals surface area (Å²) in [7, 11) is 0. The summed E-state index contributed by atoms with van der Waals surface area (Å²) in [6.07, 6.45) is 6.43. The van der Waals surface area contributed by atoms with Gasteiger partial charge in [0.15, 0.2) is 29.1 Å². The molecule has 0 unspecified atom stereocenters. The van der Waals surface area contributed by atoms with Gasteiger partial charge < -0.3 is 0 Å². The average molecular weight is 816 g/mol. The zero-order valence-corrected chi connectivity index (χ0v) is 34.3. The van der Waals surface area contributed by atoms with Crippen molar-refractivity contribution in [1.29, 1.82) is 0 Å². The van der Waals surface area contributed by atoms with E-state index in [0.29, 0.717) is 35.1 Å². The van der Waals surface area contributed by atoms with E-state index in [-0.39, 0.29) is 0 Å². The van der Waals surface area contributed by atoms with Gasteiger partial charge >= 0.3 is 0 Å². The van der Waals surface area contributed by atoms with Crippen molar-refractivity contribution in [1.82, 2.24) is 34.5 Å². The maximum absolute atomic E-state index is 5.26. The molecule has 7 aromatic carbocycles. The lowest BCUT2D eigenvalue weighted by atomic mass is 10.0. The largest absolute Gasteiger partial charge is 0.278 e. The van der Waals surface area contributed by atoms with Gasteiger partial charge in [-0.15, -0.1) is 0 Å². The van der Waals surface area contributed by atoms with Crippen molar-refractivity contribution in [2.75, 3.05) is 0 Å². The quantitative estimate of drug-likeness (QED) is 0.143. The minimum atomic E-state index is 0.592. The van der Waals surface area contributed by atoms with Crippen molar-refractivity contribution < 1.29 is 0 Å². The predicted octanol–water partition coefficient (Wildman–Crippen LogP) is 13.1. The summed E-state index contributed by atoms with van der Waals surface area (Å²) in [5, 5.41) is 1.23. The van der Waals surface area contributed by atoms with Crippen LogP contribution in [0.5, 0.6) is 0 Å². The van der Waals surface area contributed by atoms with Crippen LogP contribution in [0.2, 0.25) is 0 Å². The van der Waals surface area contributed by atoms with Crippen LogP contribution in [0.1, 0.15) is 17.7 Å². The molecular weight excluding hydrogens is 779 g/mol. The van der Waals surface area contributed by atoms with Crippen LogP contribution in [0.15, 0.2) is 204 Å². The molecule has 1 aliphatic carbocycles. The van der Waals surface area contributed by atoms with Crippen molar-refractivity contribution in [3.63, 3.8) is 0 Å². The fraction of sp³-hybridized carbons (Fsp3) is 0.0370. The van der Waals surface area contributed by atoms with Crippen molar-refractivity contribution in [2.45, 2.75) is 22.6 Å². The molecule has 0 amide bonds. The van der Waals surface area contributed by atoms with Gasteiger partial charge in [0.1, 0.15) is 0 Å². The highest BCUT2D eigenvalue weighted by Crippen LogP contribution is 2.39. The third-order valence-corrected chi connectivity index (χ3v) is 12.1. The van der Waals surface area contributed by atoms with E-state index in [1.54, 1.807) is 11.8 Å². The Morgan fingerprint density at radius 1 is 0.419 bits per heavy atom. The fourth-order valence-electron chi connectivity index (χ4n) is 8.06. The normalized spacial score (nSPS) is 12.1. The molecule has 3 aromatic heterocycles. The van der Waals surface area contributed by atoms with Crippen molar-refractivity contribution in [3.8, 4) is 74.0 Å². The number of fused-ring (bicyclic) bond motifs is 3. The first kappa shape index (κ1) is 37.2. The molecule has 62 heavy (non-hydrogen) atoms. The number of rotatable bonds is 9. The number of hydrogen-bond donors (Lipinski definition) is 0. The highest BCUT2D eigenvalue weighted by atomic mass is 32.2. The number of nitrogens with zero attached hydrogens (tertiary/aromatic N) is 7. The Labute approximate surface area is 363 Å². The molecule has 7 nitrogen and oxygen atoms in total. The first-order valence-corrected chi connectivity index (χ1v) is 21.5. The third-order valence-electron chi connectivity index (χ3n) is 11.1. The molecule has 0 fully saturated rings. The second kappa shape index (κ2) is 16.3.